The fourth-order valence-electron chi connectivity index (χ4n) is 4.27. The Morgan fingerprint density at radius 3 is 2.61 bits per heavy atom. The van der Waals surface area contributed by atoms with E-state index in [1.165, 1.54) is 6.20 Å². The van der Waals surface area contributed by atoms with Gasteiger partial charge in [0, 0.05) is 36.4 Å². The van der Waals surface area contributed by atoms with Gasteiger partial charge in [0.05, 0.1) is 5.39 Å². The number of hydrogen-bond donors (Lipinski definition) is 2. The molecule has 4 rings (SSSR count). The van der Waals surface area contributed by atoms with Gasteiger partial charge in [0.1, 0.15) is 11.2 Å². The highest BCUT2D eigenvalue weighted by Crippen LogP contribution is 2.34. The summed E-state index contributed by atoms with van der Waals surface area (Å²) in [6.07, 6.45) is 2.24. The molecular weight excluding hydrogens is 387 g/mol. The highest BCUT2D eigenvalue weighted by atomic mass is 35.5. The van der Waals surface area contributed by atoms with Crippen molar-refractivity contribution in [1.29, 1.82) is 0 Å². The molecule has 0 aromatic carbocycles. The second-order valence-electron chi connectivity index (χ2n) is 8.49. The van der Waals surface area contributed by atoms with E-state index in [-0.39, 0.29) is 41.3 Å². The second-order valence-corrected chi connectivity index (χ2v) is 8.49. The van der Waals surface area contributed by atoms with E-state index in [0.717, 1.165) is 12.5 Å². The lowest BCUT2D eigenvalue weighted by atomic mass is 10.1. The van der Waals surface area contributed by atoms with Crippen LogP contribution in [0.25, 0.3) is 11.0 Å². The number of aromatic carboxylic acids is 1. The highest BCUT2D eigenvalue weighted by molar-refractivity contribution is 5.92. The van der Waals surface area contributed by atoms with Crippen molar-refractivity contribution in [3.8, 4) is 0 Å². The van der Waals surface area contributed by atoms with Crippen LogP contribution in [0.5, 0.6) is 0 Å². The summed E-state index contributed by atoms with van der Waals surface area (Å²) in [6.45, 7) is 8.39. The van der Waals surface area contributed by atoms with Gasteiger partial charge in [-0.3, -0.25) is 4.79 Å². The van der Waals surface area contributed by atoms with Crippen molar-refractivity contribution in [2.45, 2.75) is 57.8 Å². The zero-order chi connectivity index (χ0) is 19.7. The molecule has 0 spiro atoms. The van der Waals surface area contributed by atoms with Crippen LogP contribution < -0.4 is 15.6 Å². The number of carbonyl (C=O) groups is 1. The number of nitrogens with one attached hydrogen (secondary N) is 1. The van der Waals surface area contributed by atoms with Gasteiger partial charge in [-0.15, -0.1) is 12.4 Å². The molecule has 0 amide bonds. The Bertz CT molecular complexity index is 1020. The molecule has 2 aromatic rings. The third-order valence-electron chi connectivity index (χ3n) is 5.56. The number of anilines is 1. The zero-order valence-corrected chi connectivity index (χ0v) is 17.0. The van der Waals surface area contributed by atoms with Gasteiger partial charge < -0.3 is 19.9 Å². The van der Waals surface area contributed by atoms with Gasteiger partial charge in [-0.25, -0.2) is 14.2 Å². The molecule has 0 unspecified atom stereocenters. The summed E-state index contributed by atoms with van der Waals surface area (Å²) in [5, 5.41) is 12.8. The number of fused-ring (bicyclic) bond motifs is 3. The minimum atomic E-state index is -1.33. The summed E-state index contributed by atoms with van der Waals surface area (Å²) >= 11 is 0. The predicted octanol–water partition coefficient (Wildman–Crippen LogP) is 2.35. The van der Waals surface area contributed by atoms with Crippen LogP contribution in [0, 0.1) is 5.82 Å². The van der Waals surface area contributed by atoms with E-state index in [9.17, 15) is 19.1 Å². The molecular formula is C19H24ClFN4O3. The van der Waals surface area contributed by atoms with Crippen molar-refractivity contribution >= 4 is 35.2 Å². The first-order valence-electron chi connectivity index (χ1n) is 9.10. The summed E-state index contributed by atoms with van der Waals surface area (Å²) < 4.78 is 16.6. The smallest absolute Gasteiger partial charge is 0.341 e. The van der Waals surface area contributed by atoms with Crippen LogP contribution in [0.1, 0.15) is 44.5 Å². The molecule has 9 heteroatoms. The maximum Gasteiger partial charge on any atom is 0.341 e. The van der Waals surface area contributed by atoms with E-state index < -0.39 is 22.8 Å². The third-order valence-corrected chi connectivity index (χ3v) is 5.56. The van der Waals surface area contributed by atoms with Crippen LogP contribution in [0.3, 0.4) is 0 Å². The van der Waals surface area contributed by atoms with Gasteiger partial charge in [0.15, 0.2) is 11.6 Å². The summed E-state index contributed by atoms with van der Waals surface area (Å²) in [6, 6.07) is 1.84. The molecule has 0 radical (unpaired) electrons. The van der Waals surface area contributed by atoms with Crippen LogP contribution in [0.15, 0.2) is 17.1 Å². The highest BCUT2D eigenvalue weighted by Gasteiger charge is 2.44. The van der Waals surface area contributed by atoms with Crippen LogP contribution in [0.4, 0.5) is 10.2 Å². The molecule has 2 bridgehead atoms. The molecule has 2 aliphatic rings. The maximum atomic E-state index is 14.9. The van der Waals surface area contributed by atoms with E-state index in [1.807, 2.05) is 25.7 Å². The van der Waals surface area contributed by atoms with E-state index in [1.54, 1.807) is 4.57 Å². The molecule has 2 aromatic heterocycles. The molecule has 0 saturated carbocycles. The first kappa shape index (κ1) is 20.5. The van der Waals surface area contributed by atoms with Crippen LogP contribution >= 0.6 is 12.4 Å². The Kier molecular flexibility index (Phi) is 4.92. The number of halogens is 2. The zero-order valence-electron chi connectivity index (χ0n) is 16.2. The SMILES string of the molecule is C[C@H]1N[C@@H]2C[C@H]1N(c1nc3c(cc1F)c(=O)c(C(=O)O)cn3C(C)(C)C)C2.Cl. The minimum absolute atomic E-state index is 0. The van der Waals surface area contributed by atoms with Gasteiger partial charge in [-0.2, -0.15) is 0 Å². The normalized spacial score (nSPS) is 23.9. The van der Waals surface area contributed by atoms with Crippen molar-refractivity contribution in [3.05, 3.63) is 33.9 Å². The Morgan fingerprint density at radius 1 is 1.39 bits per heavy atom. The molecule has 2 aliphatic heterocycles. The number of carboxylic acids is 1. The summed E-state index contributed by atoms with van der Waals surface area (Å²) in [4.78, 5) is 30.6. The number of pyridine rings is 2. The van der Waals surface area contributed by atoms with E-state index >= 15 is 0 Å². The summed E-state index contributed by atoms with van der Waals surface area (Å²) in [5.41, 5.74) is -1.33. The number of carboxylic acid groups (broad SMARTS) is 1. The molecule has 152 valence electrons. The minimum Gasteiger partial charge on any atom is -0.477 e. The topological polar surface area (TPSA) is 87.5 Å². The quantitative estimate of drug-likeness (QED) is 0.790. The summed E-state index contributed by atoms with van der Waals surface area (Å²) in [5.74, 6) is -1.70. The lowest BCUT2D eigenvalue weighted by molar-refractivity contribution is 0.0694. The van der Waals surface area contributed by atoms with Gasteiger partial charge in [0.2, 0.25) is 5.43 Å². The van der Waals surface area contributed by atoms with E-state index in [2.05, 4.69) is 17.2 Å². The van der Waals surface area contributed by atoms with Crippen molar-refractivity contribution in [2.75, 3.05) is 11.4 Å². The number of piperazine rings is 1. The number of rotatable bonds is 2. The molecule has 4 heterocycles. The molecule has 2 fully saturated rings. The first-order valence-corrected chi connectivity index (χ1v) is 9.10. The van der Waals surface area contributed by atoms with Gasteiger partial charge >= 0.3 is 5.97 Å². The molecule has 3 atom stereocenters. The Labute approximate surface area is 168 Å². The van der Waals surface area contributed by atoms with Crippen molar-refractivity contribution in [1.82, 2.24) is 14.9 Å². The summed E-state index contributed by atoms with van der Waals surface area (Å²) in [7, 11) is 0. The average Bonchev–Trinajstić information content (AvgIpc) is 3.12. The van der Waals surface area contributed by atoms with Gasteiger partial charge in [-0.1, -0.05) is 0 Å². The van der Waals surface area contributed by atoms with Crippen molar-refractivity contribution in [3.63, 3.8) is 0 Å². The van der Waals surface area contributed by atoms with Crippen LogP contribution in [-0.2, 0) is 5.54 Å². The maximum absolute atomic E-state index is 14.9. The number of nitrogens with zero attached hydrogens (tertiary/aromatic N) is 3. The Morgan fingerprint density at radius 2 is 2.07 bits per heavy atom. The molecule has 2 N–H and O–H groups in total. The molecule has 7 nitrogen and oxygen atoms in total. The predicted molar refractivity (Wildman–Crippen MR) is 107 cm³/mol. The molecule has 2 saturated heterocycles. The fourth-order valence-corrected chi connectivity index (χ4v) is 4.27. The van der Waals surface area contributed by atoms with Gasteiger partial charge in [-0.05, 0) is 40.2 Å². The third kappa shape index (κ3) is 3.04. The monoisotopic (exact) mass is 410 g/mol. The largest absolute Gasteiger partial charge is 0.477 e. The first-order chi connectivity index (χ1) is 12.6. The Balaban J connectivity index is 0.00000225. The van der Waals surface area contributed by atoms with Crippen molar-refractivity contribution in [2.24, 2.45) is 0 Å². The van der Waals surface area contributed by atoms with E-state index in [0.29, 0.717) is 18.2 Å². The van der Waals surface area contributed by atoms with Gasteiger partial charge in [0.25, 0.3) is 0 Å². The fraction of sp³-hybridized carbons (Fsp3) is 0.526. The second kappa shape index (κ2) is 6.70. The van der Waals surface area contributed by atoms with Crippen LogP contribution in [-0.4, -0.2) is 45.3 Å². The molecule has 28 heavy (non-hydrogen) atoms. The van der Waals surface area contributed by atoms with E-state index in [4.69, 9.17) is 0 Å². The lowest BCUT2D eigenvalue weighted by Gasteiger charge is -2.33. The molecule has 0 aliphatic carbocycles. The van der Waals surface area contributed by atoms with Crippen LogP contribution in [0.2, 0.25) is 0 Å². The number of aromatic nitrogens is 2. The standard InChI is InChI=1S/C19H23FN4O3.ClH/c1-9-14-5-10(21-9)7-23(14)17-13(20)6-11-15(25)12(18(26)27)8-24(16(11)22-17)19(2,3)4;/h6,8-10,14,21H,5,7H2,1-4H3,(H,26,27);1H/t9-,10-,14-;/m1./s1. The lowest BCUT2D eigenvalue weighted by Crippen LogP contribution is -2.50. The Hall–Kier alpha value is -2.19. The number of hydrogen-bond acceptors (Lipinski definition) is 5. The average molecular weight is 411 g/mol. The van der Waals surface area contributed by atoms with Crippen molar-refractivity contribution < 1.29 is 14.3 Å².